The predicted octanol–water partition coefficient (Wildman–Crippen LogP) is 3.00. The van der Waals surface area contributed by atoms with E-state index < -0.39 is 0 Å². The molecule has 0 saturated heterocycles. The van der Waals surface area contributed by atoms with Gasteiger partial charge in [-0.05, 0) is 12.1 Å². The number of rotatable bonds is 4. The van der Waals surface area contributed by atoms with Crippen LogP contribution in [-0.2, 0) is 6.42 Å². The molecule has 0 aliphatic carbocycles. The fraction of sp³-hybridized carbons (Fsp3) is 0.167. The minimum absolute atomic E-state index is 0.237. The summed E-state index contributed by atoms with van der Waals surface area (Å²) in [7, 11) is 0. The third-order valence-corrected chi connectivity index (χ3v) is 3.75. The van der Waals surface area contributed by atoms with E-state index in [0.29, 0.717) is 18.5 Å². The average molecular weight is 316 g/mol. The Balaban J connectivity index is 1.96. The van der Waals surface area contributed by atoms with Gasteiger partial charge in [-0.25, -0.2) is 4.98 Å². The van der Waals surface area contributed by atoms with Gasteiger partial charge in [-0.1, -0.05) is 23.2 Å². The Morgan fingerprint density at radius 1 is 1.37 bits per heavy atom. The van der Waals surface area contributed by atoms with Gasteiger partial charge in [-0.3, -0.25) is 4.79 Å². The summed E-state index contributed by atoms with van der Waals surface area (Å²) in [4.78, 5) is 16.0. The highest BCUT2D eigenvalue weighted by Crippen LogP contribution is 2.28. The smallest absolute Gasteiger partial charge is 0.251 e. The monoisotopic (exact) mass is 315 g/mol. The van der Waals surface area contributed by atoms with Crippen LogP contribution in [0.4, 0.5) is 5.69 Å². The Labute approximate surface area is 124 Å². The molecule has 0 radical (unpaired) electrons. The van der Waals surface area contributed by atoms with Crippen molar-refractivity contribution < 1.29 is 4.79 Å². The van der Waals surface area contributed by atoms with Crippen LogP contribution in [0.25, 0.3) is 0 Å². The summed E-state index contributed by atoms with van der Waals surface area (Å²) in [5, 5.41) is 5.28. The van der Waals surface area contributed by atoms with Gasteiger partial charge >= 0.3 is 0 Å². The fourth-order valence-corrected chi connectivity index (χ4v) is 2.56. The highest BCUT2D eigenvalue weighted by atomic mass is 35.5. The second-order valence-corrected chi connectivity index (χ2v) is 5.37. The number of carbonyl (C=O) groups excluding carboxylic acids is 1. The summed E-state index contributed by atoms with van der Waals surface area (Å²) >= 11 is 13.3. The Morgan fingerprint density at radius 2 is 2.05 bits per heavy atom. The van der Waals surface area contributed by atoms with Gasteiger partial charge in [-0.2, -0.15) is 0 Å². The molecule has 0 atom stereocenters. The van der Waals surface area contributed by atoms with Crippen LogP contribution >= 0.6 is 34.5 Å². The molecule has 100 valence electrons. The molecule has 2 aromatic rings. The molecule has 1 aromatic heterocycles. The van der Waals surface area contributed by atoms with Crippen molar-refractivity contribution in [3.05, 3.63) is 44.3 Å². The van der Waals surface area contributed by atoms with Crippen molar-refractivity contribution in [3.8, 4) is 0 Å². The molecule has 3 N–H and O–H groups in total. The maximum absolute atomic E-state index is 11.9. The van der Waals surface area contributed by atoms with Crippen LogP contribution in [0.5, 0.6) is 0 Å². The van der Waals surface area contributed by atoms with Gasteiger partial charge in [0.05, 0.1) is 26.9 Å². The molecule has 4 nitrogen and oxygen atoms in total. The van der Waals surface area contributed by atoms with Crippen molar-refractivity contribution in [2.45, 2.75) is 6.42 Å². The molecule has 7 heteroatoms. The summed E-state index contributed by atoms with van der Waals surface area (Å²) < 4.78 is 0. The van der Waals surface area contributed by atoms with E-state index in [9.17, 15) is 4.79 Å². The topological polar surface area (TPSA) is 68.0 Å². The molecular weight excluding hydrogens is 305 g/mol. The number of amides is 1. The maximum atomic E-state index is 11.9. The van der Waals surface area contributed by atoms with Crippen LogP contribution in [0.2, 0.25) is 10.0 Å². The van der Waals surface area contributed by atoms with Crippen LogP contribution in [0, 0.1) is 0 Å². The van der Waals surface area contributed by atoms with E-state index in [-0.39, 0.29) is 21.6 Å². The zero-order chi connectivity index (χ0) is 13.8. The minimum Gasteiger partial charge on any atom is -0.396 e. The standard InChI is InChI=1S/C12H11Cl2N3OS/c13-9-3-7(4-10(14)11(9)15)12(18)16-2-1-8-5-19-6-17-8/h3-6H,1-2,15H2,(H,16,18). The van der Waals surface area contributed by atoms with Gasteiger partial charge in [0.2, 0.25) is 0 Å². The molecule has 0 spiro atoms. The van der Waals surface area contributed by atoms with Gasteiger partial charge in [0.25, 0.3) is 5.91 Å². The molecule has 0 aliphatic rings. The van der Waals surface area contributed by atoms with E-state index in [1.54, 1.807) is 5.51 Å². The number of hydrogen-bond donors (Lipinski definition) is 2. The van der Waals surface area contributed by atoms with Crippen molar-refractivity contribution in [1.82, 2.24) is 10.3 Å². The number of nitrogen functional groups attached to an aromatic ring is 1. The molecule has 2 rings (SSSR count). The number of hydrogen-bond acceptors (Lipinski definition) is 4. The van der Waals surface area contributed by atoms with Gasteiger partial charge in [0, 0.05) is 23.9 Å². The van der Waals surface area contributed by atoms with Crippen LogP contribution in [0.1, 0.15) is 16.1 Å². The predicted molar refractivity (Wildman–Crippen MR) is 79.0 cm³/mol. The number of benzene rings is 1. The van der Waals surface area contributed by atoms with E-state index in [1.807, 2.05) is 5.38 Å². The van der Waals surface area contributed by atoms with E-state index in [2.05, 4.69) is 10.3 Å². The zero-order valence-electron chi connectivity index (χ0n) is 9.82. The Bertz CT molecular complexity index is 564. The van der Waals surface area contributed by atoms with Crippen LogP contribution in [-0.4, -0.2) is 17.4 Å². The first kappa shape index (κ1) is 14.1. The van der Waals surface area contributed by atoms with Crippen molar-refractivity contribution in [1.29, 1.82) is 0 Å². The highest BCUT2D eigenvalue weighted by molar-refractivity contribution is 7.07. The molecule has 1 amide bonds. The van der Waals surface area contributed by atoms with Gasteiger partial charge in [0.1, 0.15) is 0 Å². The van der Waals surface area contributed by atoms with E-state index in [4.69, 9.17) is 28.9 Å². The summed E-state index contributed by atoms with van der Waals surface area (Å²) in [6, 6.07) is 3.00. The summed E-state index contributed by atoms with van der Waals surface area (Å²) in [5.41, 5.74) is 9.00. The first-order chi connectivity index (χ1) is 9.08. The van der Waals surface area contributed by atoms with Crippen LogP contribution in [0.15, 0.2) is 23.0 Å². The maximum Gasteiger partial charge on any atom is 0.251 e. The first-order valence-corrected chi connectivity index (χ1v) is 7.17. The highest BCUT2D eigenvalue weighted by Gasteiger charge is 2.10. The zero-order valence-corrected chi connectivity index (χ0v) is 12.1. The Hall–Kier alpha value is -1.30. The number of carbonyl (C=O) groups is 1. The first-order valence-electron chi connectivity index (χ1n) is 5.47. The lowest BCUT2D eigenvalue weighted by molar-refractivity contribution is 0.0954. The Morgan fingerprint density at radius 3 is 2.63 bits per heavy atom. The van der Waals surface area contributed by atoms with Crippen LogP contribution < -0.4 is 11.1 Å². The van der Waals surface area contributed by atoms with E-state index in [1.165, 1.54) is 23.5 Å². The number of aromatic nitrogens is 1. The second-order valence-electron chi connectivity index (χ2n) is 3.84. The number of nitrogens with two attached hydrogens (primary N) is 1. The third kappa shape index (κ3) is 3.59. The lowest BCUT2D eigenvalue weighted by atomic mass is 10.2. The van der Waals surface area contributed by atoms with Gasteiger partial charge < -0.3 is 11.1 Å². The second kappa shape index (κ2) is 6.23. The molecule has 0 fully saturated rings. The van der Waals surface area contributed by atoms with Gasteiger partial charge in [-0.15, -0.1) is 11.3 Å². The fourth-order valence-electron chi connectivity index (χ4n) is 1.48. The number of anilines is 1. The molecule has 19 heavy (non-hydrogen) atoms. The molecule has 0 unspecified atom stereocenters. The molecule has 0 saturated carbocycles. The molecule has 0 bridgehead atoms. The quantitative estimate of drug-likeness (QED) is 0.852. The largest absolute Gasteiger partial charge is 0.396 e. The molecule has 1 aromatic carbocycles. The SMILES string of the molecule is Nc1c(Cl)cc(C(=O)NCCc2cscn2)cc1Cl. The molecule has 0 aliphatic heterocycles. The molecular formula is C12H11Cl2N3OS. The molecule has 1 heterocycles. The summed E-state index contributed by atoms with van der Waals surface area (Å²) in [5.74, 6) is -0.237. The summed E-state index contributed by atoms with van der Waals surface area (Å²) in [6.45, 7) is 0.502. The number of thiazole rings is 1. The van der Waals surface area contributed by atoms with Crippen molar-refractivity contribution in [2.75, 3.05) is 12.3 Å². The minimum atomic E-state index is -0.237. The lowest BCUT2D eigenvalue weighted by Crippen LogP contribution is -2.25. The number of halogens is 2. The van der Waals surface area contributed by atoms with Crippen LogP contribution in [0.3, 0.4) is 0 Å². The normalized spacial score (nSPS) is 10.4. The Kier molecular flexibility index (Phi) is 4.63. The summed E-state index contributed by atoms with van der Waals surface area (Å²) in [6.07, 6.45) is 0.686. The van der Waals surface area contributed by atoms with Crippen molar-refractivity contribution >= 4 is 46.1 Å². The number of nitrogens with one attached hydrogen (secondary N) is 1. The van der Waals surface area contributed by atoms with E-state index >= 15 is 0 Å². The average Bonchev–Trinajstić information content (AvgIpc) is 2.88. The third-order valence-electron chi connectivity index (χ3n) is 2.49. The van der Waals surface area contributed by atoms with Crippen molar-refractivity contribution in [2.24, 2.45) is 0 Å². The van der Waals surface area contributed by atoms with E-state index in [0.717, 1.165) is 5.69 Å². The lowest BCUT2D eigenvalue weighted by Gasteiger charge is -2.07. The number of nitrogens with zero attached hydrogens (tertiary/aromatic N) is 1. The van der Waals surface area contributed by atoms with Crippen molar-refractivity contribution in [3.63, 3.8) is 0 Å². The van der Waals surface area contributed by atoms with Gasteiger partial charge in [0.15, 0.2) is 0 Å².